The van der Waals surface area contributed by atoms with Crippen LogP contribution in [0.25, 0.3) is 0 Å². The third kappa shape index (κ3) is 4.08. The molecule has 0 aromatic heterocycles. The Kier molecular flexibility index (Phi) is 4.61. The van der Waals surface area contributed by atoms with Gasteiger partial charge in [0.1, 0.15) is 0 Å². The van der Waals surface area contributed by atoms with Gasteiger partial charge in [0.2, 0.25) is 0 Å². The summed E-state index contributed by atoms with van der Waals surface area (Å²) in [6, 6.07) is 18.2. The van der Waals surface area contributed by atoms with E-state index < -0.39 is 0 Å². The Morgan fingerprint density at radius 3 is 2.26 bits per heavy atom. The predicted molar refractivity (Wildman–Crippen MR) is 83.4 cm³/mol. The van der Waals surface area contributed by atoms with E-state index in [9.17, 15) is 5.11 Å². The maximum Gasteiger partial charge on any atom is 0.0662 e. The lowest BCUT2D eigenvalue weighted by molar-refractivity contribution is 0.222. The fourth-order valence-corrected chi connectivity index (χ4v) is 2.33. The number of anilines is 1. The summed E-state index contributed by atoms with van der Waals surface area (Å²) >= 11 is 3.42. The van der Waals surface area contributed by atoms with E-state index in [4.69, 9.17) is 0 Å². The van der Waals surface area contributed by atoms with Crippen LogP contribution in [0, 0.1) is 0 Å². The summed E-state index contributed by atoms with van der Waals surface area (Å²) in [7, 11) is 0. The van der Waals surface area contributed by atoms with Gasteiger partial charge in [0.15, 0.2) is 0 Å². The fraction of sp³-hybridized carbons (Fsp3) is 0.250. The van der Waals surface area contributed by atoms with E-state index in [-0.39, 0.29) is 12.1 Å². The summed E-state index contributed by atoms with van der Waals surface area (Å²) in [4.78, 5) is 0. The highest BCUT2D eigenvalue weighted by atomic mass is 79.9. The average molecular weight is 320 g/mol. The second kappa shape index (κ2) is 6.22. The van der Waals surface area contributed by atoms with Crippen molar-refractivity contribution in [1.29, 1.82) is 0 Å². The van der Waals surface area contributed by atoms with Crippen LogP contribution in [0.15, 0.2) is 59.1 Å². The zero-order valence-electron chi connectivity index (χ0n) is 10.9. The molecule has 0 fully saturated rings. The number of hydrogen-bond donors (Lipinski definition) is 2. The minimum absolute atomic E-state index is 0.0813. The van der Waals surface area contributed by atoms with Crippen LogP contribution in [0.3, 0.4) is 0 Å². The highest BCUT2D eigenvalue weighted by molar-refractivity contribution is 9.10. The number of benzene rings is 2. The largest absolute Gasteiger partial charge is 0.394 e. The van der Waals surface area contributed by atoms with Crippen molar-refractivity contribution in [2.45, 2.75) is 18.9 Å². The molecule has 3 heteroatoms. The maximum atomic E-state index is 9.69. The van der Waals surface area contributed by atoms with Gasteiger partial charge in [0.25, 0.3) is 0 Å². The SMILES string of the molecule is CC(CO)(Cc1ccccc1)Nc1ccc(Br)cc1. The number of nitrogens with one attached hydrogen (secondary N) is 1. The molecule has 2 N–H and O–H groups in total. The summed E-state index contributed by atoms with van der Waals surface area (Å²) in [5.41, 5.74) is 1.86. The molecule has 0 saturated heterocycles. The minimum Gasteiger partial charge on any atom is -0.394 e. The van der Waals surface area contributed by atoms with Gasteiger partial charge in [-0.2, -0.15) is 0 Å². The molecule has 0 radical (unpaired) electrons. The Bertz CT molecular complexity index is 512. The fourth-order valence-electron chi connectivity index (χ4n) is 2.07. The quantitative estimate of drug-likeness (QED) is 0.877. The van der Waals surface area contributed by atoms with Crippen LogP contribution in [0.2, 0.25) is 0 Å². The summed E-state index contributed by atoms with van der Waals surface area (Å²) in [5, 5.41) is 13.1. The molecule has 0 saturated carbocycles. The molecule has 0 aliphatic rings. The summed E-state index contributed by atoms with van der Waals surface area (Å²) in [6.07, 6.45) is 0.778. The second-order valence-electron chi connectivity index (χ2n) is 5.01. The van der Waals surface area contributed by atoms with Gasteiger partial charge in [0.05, 0.1) is 12.1 Å². The van der Waals surface area contributed by atoms with Gasteiger partial charge in [-0.1, -0.05) is 46.3 Å². The molecule has 0 aliphatic heterocycles. The Balaban J connectivity index is 2.11. The molecule has 2 aromatic carbocycles. The van der Waals surface area contributed by atoms with Crippen molar-refractivity contribution in [2.75, 3.05) is 11.9 Å². The van der Waals surface area contributed by atoms with E-state index in [1.807, 2.05) is 49.4 Å². The molecular formula is C16H18BrNO. The van der Waals surface area contributed by atoms with E-state index in [1.54, 1.807) is 0 Å². The van der Waals surface area contributed by atoms with Gasteiger partial charge in [-0.3, -0.25) is 0 Å². The molecule has 1 unspecified atom stereocenters. The smallest absolute Gasteiger partial charge is 0.0662 e. The first kappa shape index (κ1) is 14.1. The highest BCUT2D eigenvalue weighted by Gasteiger charge is 2.23. The van der Waals surface area contributed by atoms with Gasteiger partial charge in [-0.25, -0.2) is 0 Å². The van der Waals surface area contributed by atoms with Crippen molar-refractivity contribution in [3.63, 3.8) is 0 Å². The number of hydrogen-bond acceptors (Lipinski definition) is 2. The molecule has 19 heavy (non-hydrogen) atoms. The molecule has 2 aromatic rings. The normalized spacial score (nSPS) is 13.8. The monoisotopic (exact) mass is 319 g/mol. The lowest BCUT2D eigenvalue weighted by Crippen LogP contribution is -2.41. The first-order chi connectivity index (χ1) is 9.11. The van der Waals surface area contributed by atoms with E-state index in [0.29, 0.717) is 0 Å². The molecule has 100 valence electrons. The summed E-state index contributed by atoms with van der Waals surface area (Å²) in [6.45, 7) is 2.11. The lowest BCUT2D eigenvalue weighted by atomic mass is 9.93. The second-order valence-corrected chi connectivity index (χ2v) is 5.93. The third-order valence-corrected chi connectivity index (χ3v) is 3.61. The molecule has 2 nitrogen and oxygen atoms in total. The van der Waals surface area contributed by atoms with Gasteiger partial charge in [0, 0.05) is 10.2 Å². The van der Waals surface area contributed by atoms with Crippen molar-refractivity contribution in [3.8, 4) is 0 Å². The third-order valence-electron chi connectivity index (χ3n) is 3.08. The van der Waals surface area contributed by atoms with Crippen LogP contribution in [0.4, 0.5) is 5.69 Å². The molecule has 0 spiro atoms. The minimum atomic E-state index is -0.366. The molecule has 0 amide bonds. The first-order valence-corrected chi connectivity index (χ1v) is 7.09. The van der Waals surface area contributed by atoms with Crippen molar-refractivity contribution < 1.29 is 5.11 Å². The van der Waals surface area contributed by atoms with Gasteiger partial charge in [-0.15, -0.1) is 0 Å². The standard InChI is InChI=1S/C16H18BrNO/c1-16(12-19,11-13-5-3-2-4-6-13)18-15-9-7-14(17)8-10-15/h2-10,18-19H,11-12H2,1H3. The van der Waals surface area contributed by atoms with Crippen LogP contribution >= 0.6 is 15.9 Å². The summed E-state index contributed by atoms with van der Waals surface area (Å²) in [5.74, 6) is 0. The molecule has 1 atom stereocenters. The Hall–Kier alpha value is -1.32. The van der Waals surface area contributed by atoms with E-state index in [2.05, 4.69) is 33.4 Å². The molecular weight excluding hydrogens is 302 g/mol. The molecule has 2 rings (SSSR count). The van der Waals surface area contributed by atoms with E-state index in [1.165, 1.54) is 5.56 Å². The van der Waals surface area contributed by atoms with E-state index in [0.717, 1.165) is 16.6 Å². The zero-order chi connectivity index (χ0) is 13.7. The van der Waals surface area contributed by atoms with Crippen molar-refractivity contribution in [1.82, 2.24) is 0 Å². The summed E-state index contributed by atoms with van der Waals surface area (Å²) < 4.78 is 1.05. The molecule has 0 heterocycles. The van der Waals surface area contributed by atoms with Gasteiger partial charge >= 0.3 is 0 Å². The van der Waals surface area contributed by atoms with Crippen LogP contribution in [-0.2, 0) is 6.42 Å². The zero-order valence-corrected chi connectivity index (χ0v) is 12.5. The molecule has 0 aliphatic carbocycles. The number of aliphatic hydroxyl groups excluding tert-OH is 1. The lowest BCUT2D eigenvalue weighted by Gasteiger charge is -2.30. The average Bonchev–Trinajstić information content (AvgIpc) is 2.42. The number of rotatable bonds is 5. The Morgan fingerprint density at radius 1 is 1.05 bits per heavy atom. The molecule has 0 bridgehead atoms. The Labute approximate surface area is 122 Å². The first-order valence-electron chi connectivity index (χ1n) is 6.30. The van der Waals surface area contributed by atoms with Gasteiger partial charge < -0.3 is 10.4 Å². The maximum absolute atomic E-state index is 9.69. The number of aliphatic hydroxyl groups is 1. The number of halogens is 1. The van der Waals surface area contributed by atoms with Crippen LogP contribution in [-0.4, -0.2) is 17.3 Å². The van der Waals surface area contributed by atoms with Crippen molar-refractivity contribution in [2.24, 2.45) is 0 Å². The topological polar surface area (TPSA) is 32.3 Å². The van der Waals surface area contributed by atoms with Gasteiger partial charge in [-0.05, 0) is 43.2 Å². The van der Waals surface area contributed by atoms with Crippen molar-refractivity contribution >= 4 is 21.6 Å². The predicted octanol–water partition coefficient (Wildman–Crippen LogP) is 3.85. The van der Waals surface area contributed by atoms with Crippen molar-refractivity contribution in [3.05, 3.63) is 64.6 Å². The van der Waals surface area contributed by atoms with Crippen LogP contribution in [0.5, 0.6) is 0 Å². The Morgan fingerprint density at radius 2 is 1.68 bits per heavy atom. The highest BCUT2D eigenvalue weighted by Crippen LogP contribution is 2.21. The van der Waals surface area contributed by atoms with Crippen LogP contribution < -0.4 is 5.32 Å². The van der Waals surface area contributed by atoms with Crippen LogP contribution in [0.1, 0.15) is 12.5 Å². The van der Waals surface area contributed by atoms with E-state index >= 15 is 0 Å².